The van der Waals surface area contributed by atoms with Crippen molar-refractivity contribution in [2.45, 2.75) is 38.8 Å². The summed E-state index contributed by atoms with van der Waals surface area (Å²) in [5, 5.41) is 3.75. The summed E-state index contributed by atoms with van der Waals surface area (Å²) in [6.07, 6.45) is 2.12. The summed E-state index contributed by atoms with van der Waals surface area (Å²) in [6.45, 7) is 5.29. The van der Waals surface area contributed by atoms with E-state index in [1.807, 2.05) is 0 Å². The molecule has 1 aliphatic rings. The monoisotopic (exact) mass is 281 g/mol. The molecule has 1 unspecified atom stereocenters. The van der Waals surface area contributed by atoms with Crippen LogP contribution in [0.25, 0.3) is 0 Å². The Bertz CT molecular complexity index is 594. The molecule has 1 heterocycles. The van der Waals surface area contributed by atoms with Crippen LogP contribution in [0.4, 0.5) is 0 Å². The van der Waals surface area contributed by atoms with Crippen LogP contribution in [0.15, 0.2) is 48.5 Å². The van der Waals surface area contributed by atoms with Crippen LogP contribution in [0, 0.1) is 0 Å². The normalized spacial score (nSPS) is 16.1. The van der Waals surface area contributed by atoms with E-state index in [4.69, 9.17) is 4.74 Å². The van der Waals surface area contributed by atoms with Gasteiger partial charge in [-0.05, 0) is 36.1 Å². The first-order valence-electron chi connectivity index (χ1n) is 7.84. The quantitative estimate of drug-likeness (QED) is 0.875. The SMILES string of the molecule is CCC(N[C@@H](C)c1ccccc1)c1ccc2c(c1)CCO2. The van der Waals surface area contributed by atoms with Gasteiger partial charge in [0.15, 0.2) is 0 Å². The molecule has 2 atom stereocenters. The highest BCUT2D eigenvalue weighted by molar-refractivity contribution is 5.40. The van der Waals surface area contributed by atoms with Crippen LogP contribution in [-0.4, -0.2) is 6.61 Å². The predicted octanol–water partition coefficient (Wildman–Crippen LogP) is 4.42. The smallest absolute Gasteiger partial charge is 0.122 e. The van der Waals surface area contributed by atoms with E-state index >= 15 is 0 Å². The zero-order chi connectivity index (χ0) is 14.7. The van der Waals surface area contributed by atoms with Gasteiger partial charge in [-0.25, -0.2) is 0 Å². The van der Waals surface area contributed by atoms with Crippen LogP contribution in [0.5, 0.6) is 5.75 Å². The zero-order valence-corrected chi connectivity index (χ0v) is 12.8. The lowest BCUT2D eigenvalue weighted by Crippen LogP contribution is -2.24. The van der Waals surface area contributed by atoms with Crippen LogP contribution in [0.2, 0.25) is 0 Å². The third kappa shape index (κ3) is 3.11. The van der Waals surface area contributed by atoms with E-state index in [1.54, 1.807) is 0 Å². The number of hydrogen-bond acceptors (Lipinski definition) is 2. The van der Waals surface area contributed by atoms with Crippen molar-refractivity contribution in [3.05, 3.63) is 65.2 Å². The molecule has 0 amide bonds. The van der Waals surface area contributed by atoms with E-state index in [2.05, 4.69) is 67.7 Å². The molecule has 3 rings (SSSR count). The Kier molecular flexibility index (Phi) is 4.26. The summed E-state index contributed by atoms with van der Waals surface area (Å²) in [6, 6.07) is 18.0. The topological polar surface area (TPSA) is 21.3 Å². The number of hydrogen-bond donors (Lipinski definition) is 1. The van der Waals surface area contributed by atoms with Crippen molar-refractivity contribution in [2.75, 3.05) is 6.61 Å². The molecule has 2 nitrogen and oxygen atoms in total. The van der Waals surface area contributed by atoms with Crippen LogP contribution in [0.3, 0.4) is 0 Å². The average molecular weight is 281 g/mol. The van der Waals surface area contributed by atoms with Crippen molar-refractivity contribution in [2.24, 2.45) is 0 Å². The molecule has 2 heteroatoms. The average Bonchev–Trinajstić information content (AvgIpc) is 3.00. The molecule has 0 saturated heterocycles. The molecule has 1 aliphatic heterocycles. The molecule has 0 saturated carbocycles. The van der Waals surface area contributed by atoms with Gasteiger partial charge in [0.1, 0.15) is 5.75 Å². The van der Waals surface area contributed by atoms with Gasteiger partial charge >= 0.3 is 0 Å². The van der Waals surface area contributed by atoms with Crippen molar-refractivity contribution < 1.29 is 4.74 Å². The summed E-state index contributed by atoms with van der Waals surface area (Å²) in [4.78, 5) is 0. The van der Waals surface area contributed by atoms with Crippen molar-refractivity contribution >= 4 is 0 Å². The van der Waals surface area contributed by atoms with Crippen molar-refractivity contribution in [1.82, 2.24) is 5.32 Å². The summed E-state index contributed by atoms with van der Waals surface area (Å²) >= 11 is 0. The molecule has 21 heavy (non-hydrogen) atoms. The van der Waals surface area contributed by atoms with Crippen LogP contribution >= 0.6 is 0 Å². The van der Waals surface area contributed by atoms with E-state index in [0.29, 0.717) is 12.1 Å². The Morgan fingerprint density at radius 1 is 1.10 bits per heavy atom. The Labute approximate surface area is 127 Å². The second-order valence-electron chi connectivity index (χ2n) is 5.73. The molecule has 2 aromatic carbocycles. The fourth-order valence-electron chi connectivity index (χ4n) is 3.01. The Hall–Kier alpha value is -1.80. The predicted molar refractivity (Wildman–Crippen MR) is 86.7 cm³/mol. The van der Waals surface area contributed by atoms with Gasteiger partial charge in [-0.3, -0.25) is 0 Å². The number of rotatable bonds is 5. The van der Waals surface area contributed by atoms with Gasteiger partial charge < -0.3 is 10.1 Å². The summed E-state index contributed by atoms with van der Waals surface area (Å²) < 4.78 is 5.60. The minimum Gasteiger partial charge on any atom is -0.493 e. The number of benzene rings is 2. The van der Waals surface area contributed by atoms with Crippen LogP contribution in [-0.2, 0) is 6.42 Å². The molecule has 1 N–H and O–H groups in total. The number of ether oxygens (including phenoxy) is 1. The minimum atomic E-state index is 0.348. The Balaban J connectivity index is 1.76. The summed E-state index contributed by atoms with van der Waals surface area (Å²) in [5.74, 6) is 1.06. The standard InChI is InChI=1S/C19H23NO/c1-3-18(20-14(2)15-7-5-4-6-8-15)16-9-10-19-17(13-16)11-12-21-19/h4-10,13-14,18,20H,3,11-12H2,1-2H3/t14-,18?/m0/s1. The molecule has 0 aromatic heterocycles. The van der Waals surface area contributed by atoms with E-state index in [-0.39, 0.29) is 0 Å². The number of nitrogens with one attached hydrogen (secondary N) is 1. The molecule has 2 aromatic rings. The van der Waals surface area contributed by atoms with Gasteiger partial charge in [0, 0.05) is 18.5 Å². The lowest BCUT2D eigenvalue weighted by Gasteiger charge is -2.23. The van der Waals surface area contributed by atoms with Gasteiger partial charge in [0.2, 0.25) is 0 Å². The van der Waals surface area contributed by atoms with E-state index < -0.39 is 0 Å². The van der Waals surface area contributed by atoms with Crippen LogP contribution in [0.1, 0.15) is 49.0 Å². The maximum absolute atomic E-state index is 5.60. The first-order chi connectivity index (χ1) is 10.3. The molecular formula is C19H23NO. The van der Waals surface area contributed by atoms with Gasteiger partial charge in [-0.2, -0.15) is 0 Å². The van der Waals surface area contributed by atoms with Crippen molar-refractivity contribution in [3.8, 4) is 5.75 Å². The first kappa shape index (κ1) is 14.2. The Morgan fingerprint density at radius 2 is 1.90 bits per heavy atom. The summed E-state index contributed by atoms with van der Waals surface area (Å²) in [7, 11) is 0. The lowest BCUT2D eigenvalue weighted by molar-refractivity contribution is 0.356. The van der Waals surface area contributed by atoms with Gasteiger partial charge in [0.25, 0.3) is 0 Å². The molecule has 0 bridgehead atoms. The largest absolute Gasteiger partial charge is 0.493 e. The fourth-order valence-corrected chi connectivity index (χ4v) is 3.01. The maximum Gasteiger partial charge on any atom is 0.122 e. The third-order valence-corrected chi connectivity index (χ3v) is 4.27. The van der Waals surface area contributed by atoms with Gasteiger partial charge in [-0.15, -0.1) is 0 Å². The number of fused-ring (bicyclic) bond motifs is 1. The minimum absolute atomic E-state index is 0.348. The van der Waals surface area contributed by atoms with Gasteiger partial charge in [-0.1, -0.05) is 49.4 Å². The van der Waals surface area contributed by atoms with E-state index in [1.165, 1.54) is 16.7 Å². The third-order valence-electron chi connectivity index (χ3n) is 4.27. The molecule has 0 radical (unpaired) electrons. The lowest BCUT2D eigenvalue weighted by atomic mass is 9.99. The second-order valence-corrected chi connectivity index (χ2v) is 5.73. The Morgan fingerprint density at radius 3 is 2.67 bits per heavy atom. The molecular weight excluding hydrogens is 258 g/mol. The van der Waals surface area contributed by atoms with E-state index in [0.717, 1.165) is 25.2 Å². The highest BCUT2D eigenvalue weighted by Crippen LogP contribution is 2.30. The summed E-state index contributed by atoms with van der Waals surface area (Å²) in [5.41, 5.74) is 4.05. The second kappa shape index (κ2) is 6.31. The molecule has 110 valence electrons. The fraction of sp³-hybridized carbons (Fsp3) is 0.368. The van der Waals surface area contributed by atoms with E-state index in [9.17, 15) is 0 Å². The highest BCUT2D eigenvalue weighted by atomic mass is 16.5. The molecule has 0 fully saturated rings. The van der Waals surface area contributed by atoms with Crippen molar-refractivity contribution in [1.29, 1.82) is 0 Å². The molecule has 0 aliphatic carbocycles. The highest BCUT2D eigenvalue weighted by Gasteiger charge is 2.17. The maximum atomic E-state index is 5.60. The van der Waals surface area contributed by atoms with Crippen molar-refractivity contribution in [3.63, 3.8) is 0 Å². The first-order valence-corrected chi connectivity index (χ1v) is 7.84. The van der Waals surface area contributed by atoms with Gasteiger partial charge in [0.05, 0.1) is 6.61 Å². The molecule has 0 spiro atoms. The zero-order valence-electron chi connectivity index (χ0n) is 12.8. The van der Waals surface area contributed by atoms with Crippen LogP contribution < -0.4 is 10.1 Å².